The van der Waals surface area contributed by atoms with Gasteiger partial charge in [0.2, 0.25) is 12.2 Å². The van der Waals surface area contributed by atoms with Gasteiger partial charge >= 0.3 is 140 Å². The molecule has 0 aliphatic carbocycles. The number of halogens is 7. The van der Waals surface area contributed by atoms with Crippen LogP contribution >= 0.6 is 98.5 Å². The summed E-state index contributed by atoms with van der Waals surface area (Å²) in [5, 5.41) is 55.8. The zero-order valence-electron chi connectivity index (χ0n) is 52.9. The van der Waals surface area contributed by atoms with E-state index >= 15 is 0 Å². The Kier molecular flexibility index (Phi) is 45.8. The molecule has 0 spiro atoms. The number of carboxylic acid groups (broad SMARTS) is 1. The predicted molar refractivity (Wildman–Crippen MR) is 392 cm³/mol. The van der Waals surface area contributed by atoms with Gasteiger partial charge in [-0.2, -0.15) is 0 Å². The average molecular weight is 1740 g/mol. The van der Waals surface area contributed by atoms with Crippen LogP contribution in [-0.2, 0) is 33.5 Å². The number of aliphatic carboxylic acids is 1. The molecule has 32 heteroatoms. The van der Waals surface area contributed by atoms with Crippen molar-refractivity contribution in [1.29, 1.82) is 0 Å². The largest absolute Gasteiger partial charge is 1.00 e. The number of ether oxygens (including phenoxy) is 4. The molecule has 0 bridgehead atoms. The van der Waals surface area contributed by atoms with E-state index in [1.165, 1.54) is 20.5 Å². The fraction of sp³-hybridized carbons (Fsp3) is 0.159. The molecule has 0 aliphatic heterocycles. The first-order valence-electron chi connectivity index (χ1n) is 27.4. The third-order valence-corrected chi connectivity index (χ3v) is 15.7. The van der Waals surface area contributed by atoms with Crippen LogP contribution < -0.4 is 136 Å². The van der Waals surface area contributed by atoms with Crippen LogP contribution in [0.3, 0.4) is 0 Å². The Bertz CT molecular complexity index is 4450. The molecule has 3 aromatic heterocycles. The number of benzene rings is 9. The number of carboxylic acids is 1. The maximum Gasteiger partial charge on any atom is 1.00 e. The van der Waals surface area contributed by atoms with Crippen molar-refractivity contribution >= 4 is 156 Å². The van der Waals surface area contributed by atoms with E-state index in [-0.39, 0.29) is 188 Å². The van der Waals surface area contributed by atoms with Gasteiger partial charge in [0.05, 0.1) is 13.2 Å². The van der Waals surface area contributed by atoms with Crippen LogP contribution in [0.1, 0.15) is 78.7 Å². The summed E-state index contributed by atoms with van der Waals surface area (Å²) >= 11 is 31.6. The maximum absolute atomic E-state index is 12.7. The van der Waals surface area contributed by atoms with Gasteiger partial charge in [-0.1, -0.05) is 201 Å². The van der Waals surface area contributed by atoms with Crippen LogP contribution in [0, 0.1) is 0 Å². The number of esters is 2. The average Bonchev–Trinajstić information content (AvgIpc) is 1.67. The molecule has 3 heterocycles. The van der Waals surface area contributed by atoms with E-state index in [0.717, 1.165) is 41.0 Å². The van der Waals surface area contributed by atoms with Crippen LogP contribution in [-0.4, -0.2) is 98.3 Å². The van der Waals surface area contributed by atoms with Gasteiger partial charge in [0.25, 0.3) is 6.47 Å². The number of carbonyl (C=O) groups excluding carboxylic acids is 3. The normalized spacial score (nSPS) is 10.6. The number of aromatic nitrogens is 9. The summed E-state index contributed by atoms with van der Waals surface area (Å²) in [6, 6.07) is 58.9. The number of alkyl halides is 1. The topological polar surface area (TPSA) is 300 Å². The van der Waals surface area contributed by atoms with E-state index in [9.17, 15) is 24.6 Å². The molecule has 0 saturated carbocycles. The summed E-state index contributed by atoms with van der Waals surface area (Å²) in [6.07, 6.45) is -2.15. The zero-order chi connectivity index (χ0) is 66.6. The van der Waals surface area contributed by atoms with Crippen molar-refractivity contribution in [1.82, 2.24) is 45.0 Å². The van der Waals surface area contributed by atoms with E-state index in [2.05, 4.69) is 99.2 Å². The van der Waals surface area contributed by atoms with Gasteiger partial charge < -0.3 is 46.2 Å². The van der Waals surface area contributed by atoms with Crippen LogP contribution in [0.15, 0.2) is 214 Å². The zero-order valence-corrected chi connectivity index (χ0v) is 66.7. The molecule has 12 aromatic rings. The summed E-state index contributed by atoms with van der Waals surface area (Å²) in [5.74, 6) is -1.05. The fourth-order valence-electron chi connectivity index (χ4n) is 8.30. The van der Waals surface area contributed by atoms with Crippen molar-refractivity contribution in [3.8, 4) is 34.3 Å². The van der Waals surface area contributed by atoms with Crippen molar-refractivity contribution in [3.63, 3.8) is 0 Å². The summed E-state index contributed by atoms with van der Waals surface area (Å²) in [7, 11) is 0. The van der Waals surface area contributed by atoms with Crippen molar-refractivity contribution in [3.05, 3.63) is 245 Å². The number of aromatic hydroxyl groups is 1. The molecule has 0 fully saturated rings. The molecule has 3 atom stereocenters. The van der Waals surface area contributed by atoms with Crippen LogP contribution in [0.4, 0.5) is 0 Å². The van der Waals surface area contributed by atoms with E-state index in [1.54, 1.807) is 86.6 Å². The minimum atomic E-state index is -1.20. The predicted octanol–water partition coefficient (Wildman–Crippen LogP) is 8.72. The molecule has 22 nitrogen and oxygen atoms in total. The standard InChI is InChI=1S/C22H17BrClN3O3.C20H13BrClN3O3.C12H8ClN3O.C10H10Br2O2.CH2O3.4CH4.2K.Li.H2O.H/c1-2-29-22(28)21(14-7-9-15(23)10-8-14)30-20-12-11-16(24)13-19(20)27-25-17-5-3-4-6-18(17)26-27;21-13-7-5-12(6-8-13)19(20(26)27)28-18-10-9-14(22)11-17(18)25-23-15-3-1-2-4-16(15)24-25;13-8-5-6-12(17)11(7-8)16-14-9-3-1-2-4-10(9)15-16;1-2-14-10(13)9(12)7-3-5-8(11)6-4-7;2-1-4-3;;;;;;;;;/h3-13,21H,2H2,1H3;1-11,19H,(H,26,27);1-7,17H;3-6,9H,2H2,1H3;1,3H;4*1H4;;;;1H2;/q;;;;;;;;;3*+1;;-1/p-2. The Morgan fingerprint density at radius 1 is 0.495 bits per heavy atom. The second kappa shape index (κ2) is 48.2. The van der Waals surface area contributed by atoms with Crippen LogP contribution in [0.25, 0.3) is 50.2 Å². The molecule has 0 saturated heterocycles. The summed E-state index contributed by atoms with van der Waals surface area (Å²) in [4.78, 5) is 51.0. The number of phenols is 1. The number of nitrogens with zero attached hydrogens (tertiary/aromatic N) is 9. The molecule has 0 radical (unpaired) electrons. The number of hydrogen-bond acceptors (Lipinski definition) is 18. The number of fused-ring (bicyclic) bond motifs is 3. The molecule has 518 valence electrons. The van der Waals surface area contributed by atoms with Crippen molar-refractivity contribution in [2.45, 2.75) is 60.6 Å². The first kappa shape index (κ1) is 96.0. The summed E-state index contributed by atoms with van der Waals surface area (Å²) < 4.78 is 24.9. The molecule has 0 amide bonds. The molecular weight excluding hydrogens is 1670 g/mol. The molecule has 9 aromatic carbocycles. The van der Waals surface area contributed by atoms with E-state index in [4.69, 9.17) is 63.8 Å². The first-order chi connectivity index (χ1) is 44.9. The number of hydrogen-bond donors (Lipinski definition) is 2. The minimum absolute atomic E-state index is 0. The Balaban J connectivity index is 0. The molecule has 101 heavy (non-hydrogen) atoms. The maximum atomic E-state index is 12.7. The smallest absolute Gasteiger partial charge is 1.00 e. The van der Waals surface area contributed by atoms with Gasteiger partial charge in [-0.15, -0.1) is 45.0 Å². The first-order valence-corrected chi connectivity index (χ1v) is 31.9. The van der Waals surface area contributed by atoms with Gasteiger partial charge in [-0.25, -0.2) is 9.59 Å². The second-order valence-corrected chi connectivity index (χ2v) is 23.8. The Labute approximate surface area is 731 Å². The van der Waals surface area contributed by atoms with Gasteiger partial charge in [0.1, 0.15) is 72.2 Å². The second-order valence-electron chi connectivity index (χ2n) is 18.8. The molecule has 3 unspecified atom stereocenters. The van der Waals surface area contributed by atoms with Gasteiger partial charge in [-0.05, 0) is 147 Å². The number of rotatable bonds is 16. The minimum Gasteiger partial charge on any atom is -1.00 e. The van der Waals surface area contributed by atoms with E-state index in [0.29, 0.717) is 72.4 Å². The van der Waals surface area contributed by atoms with Gasteiger partial charge in [0, 0.05) is 39.6 Å². The van der Waals surface area contributed by atoms with Crippen molar-refractivity contribution in [2.75, 3.05) is 13.2 Å². The quantitative estimate of drug-likeness (QED) is 0.0228. The Morgan fingerprint density at radius 2 is 0.782 bits per heavy atom. The molecule has 12 rings (SSSR count). The Hall–Kier alpha value is -4.96. The monoisotopic (exact) mass is 1740 g/mol. The van der Waals surface area contributed by atoms with Gasteiger partial charge in [-0.3, -0.25) is 9.59 Å². The van der Waals surface area contributed by atoms with Crippen LogP contribution in [0.2, 0.25) is 15.1 Å². The van der Waals surface area contributed by atoms with Crippen molar-refractivity contribution < 1.29 is 187 Å². The summed E-state index contributed by atoms with van der Waals surface area (Å²) in [5.41, 5.74) is 7.92. The number of phenolic OH excluding ortho intramolecular Hbond substituents is 1. The van der Waals surface area contributed by atoms with Crippen LogP contribution in [0.5, 0.6) is 17.2 Å². The Morgan fingerprint density at radius 3 is 1.11 bits per heavy atom. The number of carbonyl (C=O) groups is 4. The van der Waals surface area contributed by atoms with E-state index < -0.39 is 24.1 Å². The van der Waals surface area contributed by atoms with Gasteiger partial charge in [0.15, 0.2) is 0 Å². The van der Waals surface area contributed by atoms with Crippen molar-refractivity contribution in [2.24, 2.45) is 0 Å². The van der Waals surface area contributed by atoms with E-state index in [1.807, 2.05) is 121 Å². The molecule has 3 N–H and O–H groups in total. The fourth-order valence-corrected chi connectivity index (χ4v) is 10.0. The third kappa shape index (κ3) is 27.8. The third-order valence-electron chi connectivity index (χ3n) is 12.5. The summed E-state index contributed by atoms with van der Waals surface area (Å²) in [6.45, 7) is 4.01. The SMILES string of the molecule is C.C.C.C.CCOC(=O)C(Br)c1ccc(Br)cc1.CCOC(=O)C(Oc1ccc(Cl)cc1-n1nc2ccccc2n1)c1ccc(Br)cc1.O=C(O)C(Oc1ccc(Cl)cc1-n1nc2ccccc2n1)c1ccc(Br)cc1.O=CO[O-].Oc1ccc(Cl)cc1-n1nc2ccccc2n1.[H-].[K+].[K+].[Li+].[OH-]. The molecular formula is C69H67Br4Cl3K2LiN9O13. The molecule has 0 aliphatic rings.